The lowest BCUT2D eigenvalue weighted by Gasteiger charge is -2.32. The minimum Gasteiger partial charge on any atom is -0.338 e. The van der Waals surface area contributed by atoms with Gasteiger partial charge in [-0.1, -0.05) is 6.92 Å². The predicted octanol–water partition coefficient (Wildman–Crippen LogP) is 3.48. The first kappa shape index (κ1) is 15.6. The van der Waals surface area contributed by atoms with E-state index in [0.29, 0.717) is 6.04 Å². The molecule has 23 heavy (non-hydrogen) atoms. The Balaban J connectivity index is 1.32. The minimum atomic E-state index is 0.276. The molecule has 2 fully saturated rings. The van der Waals surface area contributed by atoms with E-state index in [9.17, 15) is 4.79 Å². The number of hydrogen-bond donors (Lipinski definition) is 1. The van der Waals surface area contributed by atoms with Gasteiger partial charge in [-0.2, -0.15) is 0 Å². The highest BCUT2D eigenvalue weighted by Crippen LogP contribution is 2.33. The van der Waals surface area contributed by atoms with Crippen LogP contribution in [-0.4, -0.2) is 36.5 Å². The molecular formula is C19H28N2OS. The molecule has 0 spiro atoms. The second kappa shape index (κ2) is 6.56. The Hall–Kier alpha value is -0.870. The molecule has 126 valence electrons. The van der Waals surface area contributed by atoms with Gasteiger partial charge in [0.25, 0.3) is 5.91 Å². The predicted molar refractivity (Wildman–Crippen MR) is 95.2 cm³/mol. The molecule has 1 unspecified atom stereocenters. The van der Waals surface area contributed by atoms with Gasteiger partial charge in [0.1, 0.15) is 0 Å². The molecule has 1 aromatic heterocycles. The Bertz CT molecular complexity index is 570. The van der Waals surface area contributed by atoms with Crippen molar-refractivity contribution < 1.29 is 4.79 Å². The summed E-state index contributed by atoms with van der Waals surface area (Å²) in [5.41, 5.74) is 1.44. The lowest BCUT2D eigenvalue weighted by atomic mass is 9.90. The van der Waals surface area contributed by atoms with Crippen LogP contribution in [0.25, 0.3) is 0 Å². The lowest BCUT2D eigenvalue weighted by molar-refractivity contribution is 0.0710. The van der Waals surface area contributed by atoms with Gasteiger partial charge in [-0.15, -0.1) is 11.3 Å². The van der Waals surface area contributed by atoms with Crippen molar-refractivity contribution in [2.24, 2.45) is 11.8 Å². The van der Waals surface area contributed by atoms with Crippen molar-refractivity contribution in [3.05, 3.63) is 21.4 Å². The zero-order chi connectivity index (χ0) is 15.8. The largest absolute Gasteiger partial charge is 0.338 e. The molecule has 4 rings (SSSR count). The number of nitrogens with zero attached hydrogens (tertiary/aromatic N) is 1. The van der Waals surface area contributed by atoms with Crippen LogP contribution in [0.2, 0.25) is 0 Å². The summed E-state index contributed by atoms with van der Waals surface area (Å²) < 4.78 is 0. The van der Waals surface area contributed by atoms with Crippen LogP contribution in [-0.2, 0) is 12.8 Å². The second-order valence-corrected chi connectivity index (χ2v) is 8.96. The molecule has 1 amide bonds. The molecular weight excluding hydrogens is 304 g/mol. The highest BCUT2D eigenvalue weighted by atomic mass is 32.1. The fourth-order valence-corrected chi connectivity index (χ4v) is 5.09. The molecule has 1 saturated carbocycles. The van der Waals surface area contributed by atoms with E-state index in [0.717, 1.165) is 49.1 Å². The van der Waals surface area contributed by atoms with E-state index in [-0.39, 0.29) is 5.91 Å². The summed E-state index contributed by atoms with van der Waals surface area (Å²) in [5.74, 6) is 1.99. The maximum absolute atomic E-state index is 12.8. The standard InChI is InChI=1S/C19H28N2OS/c1-13-2-5-17-15(10-13)11-18(23-17)19(22)21-8-6-16(7-9-21)20-12-14-3-4-14/h11,13-14,16,20H,2-10,12H2,1H3. The van der Waals surface area contributed by atoms with E-state index in [1.165, 1.54) is 42.7 Å². The number of carbonyl (C=O) groups excluding carboxylic acids is 1. The summed E-state index contributed by atoms with van der Waals surface area (Å²) >= 11 is 1.76. The van der Waals surface area contributed by atoms with Crippen molar-refractivity contribution in [2.45, 2.75) is 57.9 Å². The third-order valence-electron chi connectivity index (χ3n) is 5.71. The highest BCUT2D eigenvalue weighted by Gasteiger charge is 2.28. The van der Waals surface area contributed by atoms with Gasteiger partial charge < -0.3 is 10.2 Å². The Labute approximate surface area is 143 Å². The van der Waals surface area contributed by atoms with Crippen LogP contribution in [0.5, 0.6) is 0 Å². The SMILES string of the molecule is CC1CCc2sc(C(=O)N3CCC(NCC4CC4)CC3)cc2C1. The Kier molecular flexibility index (Phi) is 4.46. The highest BCUT2D eigenvalue weighted by molar-refractivity contribution is 7.14. The fraction of sp³-hybridized carbons (Fsp3) is 0.737. The number of fused-ring (bicyclic) bond motifs is 1. The molecule has 0 bridgehead atoms. The summed E-state index contributed by atoms with van der Waals surface area (Å²) in [7, 11) is 0. The van der Waals surface area contributed by atoms with E-state index in [1.54, 1.807) is 11.3 Å². The molecule has 2 aliphatic carbocycles. The first-order valence-corrected chi connectivity index (χ1v) is 10.1. The average molecular weight is 333 g/mol. The maximum atomic E-state index is 12.8. The molecule has 2 heterocycles. The lowest BCUT2D eigenvalue weighted by Crippen LogP contribution is -2.45. The molecule has 1 aromatic rings. The first-order valence-electron chi connectivity index (χ1n) is 9.33. The van der Waals surface area contributed by atoms with E-state index in [4.69, 9.17) is 0 Å². The Morgan fingerprint density at radius 1 is 1.26 bits per heavy atom. The maximum Gasteiger partial charge on any atom is 0.263 e. The van der Waals surface area contributed by atoms with Crippen molar-refractivity contribution in [1.82, 2.24) is 10.2 Å². The van der Waals surface area contributed by atoms with Gasteiger partial charge in [-0.25, -0.2) is 0 Å². The van der Waals surface area contributed by atoms with Gasteiger partial charge in [0.05, 0.1) is 4.88 Å². The van der Waals surface area contributed by atoms with Crippen LogP contribution in [0.1, 0.15) is 59.1 Å². The number of aryl methyl sites for hydroxylation is 1. The second-order valence-electron chi connectivity index (χ2n) is 7.83. The van der Waals surface area contributed by atoms with Gasteiger partial charge in [0, 0.05) is 24.0 Å². The monoisotopic (exact) mass is 332 g/mol. The van der Waals surface area contributed by atoms with Crippen molar-refractivity contribution in [2.75, 3.05) is 19.6 Å². The zero-order valence-electron chi connectivity index (χ0n) is 14.1. The number of likely N-dealkylation sites (tertiary alicyclic amines) is 1. The van der Waals surface area contributed by atoms with Gasteiger partial charge in [-0.3, -0.25) is 4.79 Å². The summed E-state index contributed by atoms with van der Waals surface area (Å²) in [6.45, 7) is 5.34. The van der Waals surface area contributed by atoms with Crippen LogP contribution < -0.4 is 5.32 Å². The average Bonchev–Trinajstić information content (AvgIpc) is 3.30. The molecule has 3 aliphatic rings. The normalized spacial score (nSPS) is 25.4. The molecule has 1 aliphatic heterocycles. The van der Waals surface area contributed by atoms with E-state index in [1.807, 2.05) is 0 Å². The molecule has 0 aromatic carbocycles. The van der Waals surface area contributed by atoms with Crippen LogP contribution >= 0.6 is 11.3 Å². The number of rotatable bonds is 4. The molecule has 1 N–H and O–H groups in total. The molecule has 4 heteroatoms. The fourth-order valence-electron chi connectivity index (χ4n) is 3.91. The van der Waals surface area contributed by atoms with Crippen LogP contribution in [0.3, 0.4) is 0 Å². The van der Waals surface area contributed by atoms with Gasteiger partial charge >= 0.3 is 0 Å². The Morgan fingerprint density at radius 2 is 2.04 bits per heavy atom. The third-order valence-corrected chi connectivity index (χ3v) is 6.94. The summed E-state index contributed by atoms with van der Waals surface area (Å²) in [6, 6.07) is 2.81. The number of hydrogen-bond acceptors (Lipinski definition) is 3. The van der Waals surface area contributed by atoms with Crippen molar-refractivity contribution >= 4 is 17.2 Å². The number of carbonyl (C=O) groups is 1. The minimum absolute atomic E-state index is 0.276. The van der Waals surface area contributed by atoms with E-state index >= 15 is 0 Å². The van der Waals surface area contributed by atoms with Crippen molar-refractivity contribution in [3.8, 4) is 0 Å². The zero-order valence-corrected chi connectivity index (χ0v) is 15.0. The van der Waals surface area contributed by atoms with E-state index in [2.05, 4.69) is 23.2 Å². The van der Waals surface area contributed by atoms with Gasteiger partial charge in [-0.05, 0) is 75.0 Å². The van der Waals surface area contributed by atoms with Crippen LogP contribution in [0, 0.1) is 11.8 Å². The quantitative estimate of drug-likeness (QED) is 0.915. The van der Waals surface area contributed by atoms with Crippen LogP contribution in [0.15, 0.2) is 6.07 Å². The van der Waals surface area contributed by atoms with Crippen LogP contribution in [0.4, 0.5) is 0 Å². The number of nitrogens with one attached hydrogen (secondary N) is 1. The molecule has 0 radical (unpaired) electrons. The third kappa shape index (κ3) is 3.63. The Morgan fingerprint density at radius 3 is 2.78 bits per heavy atom. The van der Waals surface area contributed by atoms with Gasteiger partial charge in [0.2, 0.25) is 0 Å². The number of piperidine rings is 1. The molecule has 1 saturated heterocycles. The van der Waals surface area contributed by atoms with E-state index < -0.39 is 0 Å². The molecule has 3 nitrogen and oxygen atoms in total. The summed E-state index contributed by atoms with van der Waals surface area (Å²) in [6.07, 6.45) is 8.65. The number of amides is 1. The summed E-state index contributed by atoms with van der Waals surface area (Å²) in [5, 5.41) is 3.69. The smallest absolute Gasteiger partial charge is 0.263 e. The number of thiophene rings is 1. The van der Waals surface area contributed by atoms with Gasteiger partial charge in [0.15, 0.2) is 0 Å². The first-order chi connectivity index (χ1) is 11.2. The van der Waals surface area contributed by atoms with Crippen molar-refractivity contribution in [3.63, 3.8) is 0 Å². The van der Waals surface area contributed by atoms with Crippen molar-refractivity contribution in [1.29, 1.82) is 0 Å². The summed E-state index contributed by atoms with van der Waals surface area (Å²) in [4.78, 5) is 17.3. The molecule has 1 atom stereocenters. The topological polar surface area (TPSA) is 32.3 Å².